The molecule has 2 amide bonds. The van der Waals surface area contributed by atoms with Crippen molar-refractivity contribution in [1.82, 2.24) is 15.1 Å². The smallest absolute Gasteiger partial charge is 0.253 e. The molecule has 1 atom stereocenters. The molecule has 27 heavy (non-hydrogen) atoms. The van der Waals surface area contributed by atoms with E-state index in [1.54, 1.807) is 4.90 Å². The van der Waals surface area contributed by atoms with Crippen LogP contribution in [0.4, 0.5) is 4.39 Å². The second kappa shape index (κ2) is 8.57. The second-order valence-electron chi connectivity index (χ2n) is 7.96. The number of likely N-dealkylation sites (tertiary alicyclic amines) is 1. The predicted molar refractivity (Wildman–Crippen MR) is 106 cm³/mol. The van der Waals surface area contributed by atoms with E-state index >= 15 is 0 Å². The topological polar surface area (TPSA) is 52.7 Å². The minimum atomic E-state index is -0.466. The Bertz CT molecular complexity index is 723. The standard InChI is InChI=1S/C20H29ClFN3O2/c1-6-24(5)10-9-17(26)25-11-16(20(3,4)12-25)23-19(27)18-13(2)15(22)8-7-14(18)21/h7-8,16H,6,9-12H2,1-5H3,(H,23,27). The molecule has 7 heteroatoms. The summed E-state index contributed by atoms with van der Waals surface area (Å²) in [7, 11) is 1.98. The minimum Gasteiger partial charge on any atom is -0.347 e. The molecule has 150 valence electrons. The van der Waals surface area contributed by atoms with Gasteiger partial charge >= 0.3 is 0 Å². The summed E-state index contributed by atoms with van der Waals surface area (Å²) < 4.78 is 13.8. The number of nitrogens with zero attached hydrogens (tertiary/aromatic N) is 2. The van der Waals surface area contributed by atoms with E-state index in [9.17, 15) is 14.0 Å². The highest BCUT2D eigenvalue weighted by molar-refractivity contribution is 6.34. The molecule has 1 aromatic rings. The van der Waals surface area contributed by atoms with Crippen LogP contribution in [0.25, 0.3) is 0 Å². The molecule has 0 spiro atoms. The monoisotopic (exact) mass is 397 g/mol. The average molecular weight is 398 g/mol. The lowest BCUT2D eigenvalue weighted by Gasteiger charge is -2.26. The molecule has 0 bridgehead atoms. The van der Waals surface area contributed by atoms with Gasteiger partial charge in [-0.3, -0.25) is 9.59 Å². The second-order valence-corrected chi connectivity index (χ2v) is 8.37. The third kappa shape index (κ3) is 4.99. The average Bonchev–Trinajstić information content (AvgIpc) is 2.90. The minimum absolute atomic E-state index is 0.0834. The summed E-state index contributed by atoms with van der Waals surface area (Å²) in [5, 5.41) is 3.18. The van der Waals surface area contributed by atoms with Crippen LogP contribution in [0, 0.1) is 18.2 Å². The molecule has 1 unspecified atom stereocenters. The highest BCUT2D eigenvalue weighted by atomic mass is 35.5. The third-order valence-electron chi connectivity index (χ3n) is 5.43. The lowest BCUT2D eigenvalue weighted by molar-refractivity contribution is -0.130. The van der Waals surface area contributed by atoms with Gasteiger partial charge in [0.1, 0.15) is 5.82 Å². The zero-order valence-corrected chi connectivity index (χ0v) is 17.5. The zero-order chi connectivity index (χ0) is 20.4. The summed E-state index contributed by atoms with van der Waals surface area (Å²) in [4.78, 5) is 29.2. The van der Waals surface area contributed by atoms with E-state index in [2.05, 4.69) is 17.1 Å². The normalized spacial score (nSPS) is 18.8. The Morgan fingerprint density at radius 1 is 1.41 bits per heavy atom. The lowest BCUT2D eigenvalue weighted by atomic mass is 9.87. The van der Waals surface area contributed by atoms with Crippen LogP contribution < -0.4 is 5.32 Å². The molecule has 1 heterocycles. The first-order chi connectivity index (χ1) is 12.6. The number of halogens is 2. The van der Waals surface area contributed by atoms with Crippen LogP contribution in [0.1, 0.15) is 43.1 Å². The number of carbonyl (C=O) groups excluding carboxylic acids is 2. The number of amides is 2. The molecule has 0 radical (unpaired) electrons. The summed E-state index contributed by atoms with van der Waals surface area (Å²) in [5.41, 5.74) is 0.100. The van der Waals surface area contributed by atoms with Crippen LogP contribution in [0.2, 0.25) is 5.02 Å². The first-order valence-corrected chi connectivity index (χ1v) is 9.66. The molecule has 1 aliphatic rings. The first kappa shape index (κ1) is 21.6. The van der Waals surface area contributed by atoms with Gasteiger partial charge in [0.15, 0.2) is 0 Å². The van der Waals surface area contributed by atoms with E-state index in [4.69, 9.17) is 11.6 Å². The van der Waals surface area contributed by atoms with Crippen LogP contribution in [-0.4, -0.2) is 60.9 Å². The Kier molecular flexibility index (Phi) is 6.87. The quantitative estimate of drug-likeness (QED) is 0.802. The van der Waals surface area contributed by atoms with Gasteiger partial charge in [-0.25, -0.2) is 4.39 Å². The molecule has 1 fully saturated rings. The lowest BCUT2D eigenvalue weighted by Crippen LogP contribution is -2.44. The van der Waals surface area contributed by atoms with Gasteiger partial charge in [0.2, 0.25) is 5.91 Å². The largest absolute Gasteiger partial charge is 0.347 e. The fraction of sp³-hybridized carbons (Fsp3) is 0.600. The Labute approximate surface area is 165 Å². The Morgan fingerprint density at radius 3 is 2.70 bits per heavy atom. The maximum absolute atomic E-state index is 13.8. The Hall–Kier alpha value is -1.66. The molecular formula is C20H29ClFN3O2. The molecule has 0 saturated carbocycles. The van der Waals surface area contributed by atoms with Gasteiger partial charge in [0.25, 0.3) is 5.91 Å². The SMILES string of the molecule is CCN(C)CCC(=O)N1CC(NC(=O)c2c(Cl)ccc(F)c2C)C(C)(C)C1. The van der Waals surface area contributed by atoms with Crippen LogP contribution in [-0.2, 0) is 4.79 Å². The van der Waals surface area contributed by atoms with Crippen molar-refractivity contribution >= 4 is 23.4 Å². The molecule has 0 aromatic heterocycles. The summed E-state index contributed by atoms with van der Waals surface area (Å²) >= 11 is 6.12. The van der Waals surface area contributed by atoms with Crippen molar-refractivity contribution in [1.29, 1.82) is 0 Å². The van der Waals surface area contributed by atoms with E-state index in [-0.39, 0.29) is 33.5 Å². The van der Waals surface area contributed by atoms with Gasteiger partial charge in [0.05, 0.1) is 16.6 Å². The van der Waals surface area contributed by atoms with Crippen LogP contribution in [0.15, 0.2) is 12.1 Å². The number of hydrogen-bond acceptors (Lipinski definition) is 3. The number of hydrogen-bond donors (Lipinski definition) is 1. The number of nitrogens with one attached hydrogen (secondary N) is 1. The molecule has 1 N–H and O–H groups in total. The van der Waals surface area contributed by atoms with E-state index in [1.165, 1.54) is 19.1 Å². The van der Waals surface area contributed by atoms with E-state index < -0.39 is 11.7 Å². The maximum Gasteiger partial charge on any atom is 0.253 e. The zero-order valence-electron chi connectivity index (χ0n) is 16.7. The molecule has 1 aromatic carbocycles. The number of carbonyl (C=O) groups is 2. The highest BCUT2D eigenvalue weighted by Crippen LogP contribution is 2.31. The van der Waals surface area contributed by atoms with Gasteiger partial charge in [0, 0.05) is 31.5 Å². The van der Waals surface area contributed by atoms with Crippen molar-refractivity contribution in [3.05, 3.63) is 34.1 Å². The molecular weight excluding hydrogens is 369 g/mol. The summed E-state index contributed by atoms with van der Waals surface area (Å²) in [6.07, 6.45) is 0.454. The van der Waals surface area contributed by atoms with Crippen molar-refractivity contribution < 1.29 is 14.0 Å². The van der Waals surface area contributed by atoms with Crippen LogP contribution >= 0.6 is 11.6 Å². The van der Waals surface area contributed by atoms with Gasteiger partial charge in [-0.15, -0.1) is 0 Å². The number of benzene rings is 1. The van der Waals surface area contributed by atoms with Crippen LogP contribution in [0.5, 0.6) is 0 Å². The summed E-state index contributed by atoms with van der Waals surface area (Å²) in [6, 6.07) is 2.41. The van der Waals surface area contributed by atoms with Crippen molar-refractivity contribution in [3.63, 3.8) is 0 Å². The Balaban J connectivity index is 2.07. The fourth-order valence-corrected chi connectivity index (χ4v) is 3.62. The van der Waals surface area contributed by atoms with Gasteiger partial charge < -0.3 is 15.1 Å². The number of rotatable bonds is 6. The summed E-state index contributed by atoms with van der Waals surface area (Å²) in [6.45, 7) is 10.2. The van der Waals surface area contributed by atoms with Gasteiger partial charge in [-0.05, 0) is 38.2 Å². The third-order valence-corrected chi connectivity index (χ3v) is 5.74. The van der Waals surface area contributed by atoms with E-state index in [0.717, 1.165) is 6.54 Å². The molecule has 1 aliphatic heterocycles. The van der Waals surface area contributed by atoms with Crippen molar-refractivity contribution in [2.45, 2.75) is 40.2 Å². The first-order valence-electron chi connectivity index (χ1n) is 9.28. The predicted octanol–water partition coefficient (Wildman–Crippen LogP) is 3.10. The molecule has 0 aliphatic carbocycles. The van der Waals surface area contributed by atoms with Gasteiger partial charge in [-0.1, -0.05) is 32.4 Å². The Morgan fingerprint density at radius 2 is 2.07 bits per heavy atom. The van der Waals surface area contributed by atoms with Gasteiger partial charge in [-0.2, -0.15) is 0 Å². The molecule has 1 saturated heterocycles. The van der Waals surface area contributed by atoms with Crippen molar-refractivity contribution in [3.8, 4) is 0 Å². The molecule has 2 rings (SSSR count). The highest BCUT2D eigenvalue weighted by Gasteiger charge is 2.42. The van der Waals surface area contributed by atoms with Crippen LogP contribution in [0.3, 0.4) is 0 Å². The fourth-order valence-electron chi connectivity index (χ4n) is 3.33. The van der Waals surface area contributed by atoms with E-state index in [1.807, 2.05) is 20.9 Å². The van der Waals surface area contributed by atoms with Crippen molar-refractivity contribution in [2.75, 3.05) is 33.2 Å². The summed E-state index contributed by atoms with van der Waals surface area (Å²) in [5.74, 6) is -0.790. The maximum atomic E-state index is 13.8. The molecule has 5 nitrogen and oxygen atoms in total. The van der Waals surface area contributed by atoms with Crippen molar-refractivity contribution in [2.24, 2.45) is 5.41 Å². The van der Waals surface area contributed by atoms with E-state index in [0.29, 0.717) is 26.1 Å².